The van der Waals surface area contributed by atoms with Crippen molar-refractivity contribution in [3.05, 3.63) is 132 Å². The number of amides is 1. The van der Waals surface area contributed by atoms with Gasteiger partial charge in [-0.1, -0.05) is 89.0 Å². The minimum Gasteiger partial charge on any atom is -0.490 e. The molecule has 1 aliphatic rings. The Hall–Kier alpha value is -3.67. The molecule has 1 aliphatic heterocycles. The van der Waals surface area contributed by atoms with E-state index in [0.29, 0.717) is 71.5 Å². The summed E-state index contributed by atoms with van der Waals surface area (Å²) in [4.78, 5) is 18.8. The molecule has 1 atom stereocenters. The molecule has 0 saturated heterocycles. The van der Waals surface area contributed by atoms with Gasteiger partial charge < -0.3 is 20.1 Å². The monoisotopic (exact) mass is 783 g/mol. The van der Waals surface area contributed by atoms with E-state index in [1.807, 2.05) is 86.6 Å². The molecule has 1 unspecified atom stereocenters. The van der Waals surface area contributed by atoms with Crippen molar-refractivity contribution in [1.29, 1.82) is 0 Å². The van der Waals surface area contributed by atoms with Crippen molar-refractivity contribution in [2.24, 2.45) is 0 Å². The maximum absolute atomic E-state index is 14.0. The third kappa shape index (κ3) is 7.63. The minimum atomic E-state index is -0.664. The molecule has 5 aromatic rings. The molecular formula is C35H29BrCl3N5O3S. The van der Waals surface area contributed by atoms with Crippen LogP contribution in [0, 0.1) is 0 Å². The third-order valence-electron chi connectivity index (χ3n) is 7.46. The number of nitrogens with one attached hydrogen (secondary N) is 2. The zero-order valence-electron chi connectivity index (χ0n) is 25.8. The molecule has 13 heteroatoms. The second-order valence-corrected chi connectivity index (χ2v) is 13.8. The van der Waals surface area contributed by atoms with Gasteiger partial charge in [0, 0.05) is 37.8 Å². The quantitative estimate of drug-likeness (QED) is 0.129. The van der Waals surface area contributed by atoms with Crippen molar-refractivity contribution in [2.75, 3.05) is 17.2 Å². The summed E-state index contributed by atoms with van der Waals surface area (Å²) < 4.78 is 14.7. The van der Waals surface area contributed by atoms with Crippen LogP contribution >= 0.6 is 62.5 Å². The molecular weight excluding hydrogens is 757 g/mol. The van der Waals surface area contributed by atoms with Gasteiger partial charge in [0.2, 0.25) is 11.1 Å². The lowest BCUT2D eigenvalue weighted by atomic mass is 9.94. The van der Waals surface area contributed by atoms with Gasteiger partial charge in [0.25, 0.3) is 5.91 Å². The molecule has 2 heterocycles. The SMILES string of the molecule is CCOc1cc(C2C(C(=O)Nc3ccccc3)=C(C)Nc3nc(SCc4ccccc4Cl)nn32)cc(Br)c1OCc1ccc(Cl)cc1Cl. The smallest absolute Gasteiger partial charge is 0.255 e. The predicted molar refractivity (Wildman–Crippen MR) is 197 cm³/mol. The predicted octanol–water partition coefficient (Wildman–Crippen LogP) is 10.2. The fourth-order valence-corrected chi connectivity index (χ4v) is 7.36. The summed E-state index contributed by atoms with van der Waals surface area (Å²) in [7, 11) is 0. The number of para-hydroxylation sites is 1. The Balaban J connectivity index is 1.39. The van der Waals surface area contributed by atoms with Crippen LogP contribution in [0.5, 0.6) is 11.5 Å². The van der Waals surface area contributed by atoms with Crippen LogP contribution in [-0.2, 0) is 17.2 Å². The van der Waals surface area contributed by atoms with Crippen LogP contribution in [0.4, 0.5) is 11.6 Å². The molecule has 0 fully saturated rings. The molecule has 0 saturated carbocycles. The van der Waals surface area contributed by atoms with E-state index >= 15 is 0 Å². The highest BCUT2D eigenvalue weighted by Crippen LogP contribution is 2.44. The molecule has 1 aromatic heterocycles. The van der Waals surface area contributed by atoms with E-state index in [-0.39, 0.29) is 12.5 Å². The largest absolute Gasteiger partial charge is 0.490 e. The van der Waals surface area contributed by atoms with Crippen molar-refractivity contribution < 1.29 is 14.3 Å². The highest BCUT2D eigenvalue weighted by molar-refractivity contribution is 9.10. The molecule has 0 aliphatic carbocycles. The van der Waals surface area contributed by atoms with Crippen LogP contribution in [0.1, 0.15) is 36.6 Å². The number of nitrogens with zero attached hydrogens (tertiary/aromatic N) is 3. The van der Waals surface area contributed by atoms with E-state index in [0.717, 1.165) is 16.7 Å². The first-order valence-electron chi connectivity index (χ1n) is 14.9. The summed E-state index contributed by atoms with van der Waals surface area (Å²) in [6.45, 7) is 4.32. The highest BCUT2D eigenvalue weighted by Gasteiger charge is 2.35. The fourth-order valence-electron chi connectivity index (χ4n) is 5.21. The molecule has 8 nitrogen and oxygen atoms in total. The maximum atomic E-state index is 14.0. The van der Waals surface area contributed by atoms with Gasteiger partial charge in [-0.3, -0.25) is 4.79 Å². The number of carbonyl (C=O) groups excluding carboxylic acids is 1. The Morgan fingerprint density at radius 3 is 2.50 bits per heavy atom. The molecule has 4 aromatic carbocycles. The van der Waals surface area contributed by atoms with Crippen molar-refractivity contribution in [1.82, 2.24) is 14.8 Å². The zero-order chi connectivity index (χ0) is 33.8. The lowest BCUT2D eigenvalue weighted by Crippen LogP contribution is -2.31. The van der Waals surface area contributed by atoms with Crippen LogP contribution in [0.2, 0.25) is 15.1 Å². The van der Waals surface area contributed by atoms with Gasteiger partial charge in [-0.05, 0) is 83.4 Å². The van der Waals surface area contributed by atoms with Gasteiger partial charge in [-0.25, -0.2) is 4.68 Å². The Morgan fingerprint density at radius 2 is 1.75 bits per heavy atom. The molecule has 6 rings (SSSR count). The molecule has 0 bridgehead atoms. The number of allylic oxidation sites excluding steroid dienone is 1. The third-order valence-corrected chi connectivity index (χ3v) is 9.89. The number of benzene rings is 4. The molecule has 0 radical (unpaired) electrons. The average molecular weight is 786 g/mol. The first-order valence-corrected chi connectivity index (χ1v) is 17.8. The van der Waals surface area contributed by atoms with Crippen molar-refractivity contribution in [2.45, 2.75) is 37.4 Å². The fraction of sp³-hybridized carbons (Fsp3) is 0.171. The minimum absolute atomic E-state index is 0.185. The Kier molecular flexibility index (Phi) is 10.9. The number of fused-ring (bicyclic) bond motifs is 1. The maximum Gasteiger partial charge on any atom is 0.255 e. The normalized spacial score (nSPS) is 13.9. The summed E-state index contributed by atoms with van der Waals surface area (Å²) in [5.41, 5.74) is 4.25. The molecule has 2 N–H and O–H groups in total. The Bertz CT molecular complexity index is 2010. The number of ether oxygens (including phenoxy) is 2. The Morgan fingerprint density at radius 1 is 0.979 bits per heavy atom. The first kappa shape index (κ1) is 34.2. The van der Waals surface area contributed by atoms with Crippen LogP contribution in [0.15, 0.2) is 106 Å². The number of aromatic nitrogens is 3. The van der Waals surface area contributed by atoms with Gasteiger partial charge in [0.1, 0.15) is 12.6 Å². The summed E-state index contributed by atoms with van der Waals surface area (Å²) in [6, 6.07) is 25.3. The van der Waals surface area contributed by atoms with Crippen molar-refractivity contribution in [3.8, 4) is 11.5 Å². The lowest BCUT2D eigenvalue weighted by Gasteiger charge is -2.29. The van der Waals surface area contributed by atoms with Crippen LogP contribution < -0.4 is 20.1 Å². The van der Waals surface area contributed by atoms with E-state index in [2.05, 4.69) is 26.6 Å². The number of halogens is 4. The molecule has 48 heavy (non-hydrogen) atoms. The van der Waals surface area contributed by atoms with Gasteiger partial charge >= 0.3 is 0 Å². The topological polar surface area (TPSA) is 90.3 Å². The summed E-state index contributed by atoms with van der Waals surface area (Å²) in [5.74, 6) is 1.77. The van der Waals surface area contributed by atoms with Crippen LogP contribution in [0.25, 0.3) is 0 Å². The summed E-state index contributed by atoms with van der Waals surface area (Å²) >= 11 is 24.1. The van der Waals surface area contributed by atoms with Crippen molar-refractivity contribution >= 4 is 80.0 Å². The summed E-state index contributed by atoms with van der Waals surface area (Å²) in [5, 5.41) is 13.5. The number of carbonyl (C=O) groups is 1. The van der Waals surface area contributed by atoms with Crippen LogP contribution in [-0.4, -0.2) is 27.3 Å². The van der Waals surface area contributed by atoms with Crippen molar-refractivity contribution in [3.63, 3.8) is 0 Å². The molecule has 246 valence electrons. The number of hydrogen-bond acceptors (Lipinski definition) is 7. The number of anilines is 2. The van der Waals surface area contributed by atoms with Crippen LogP contribution in [0.3, 0.4) is 0 Å². The number of rotatable bonds is 11. The van der Waals surface area contributed by atoms with E-state index in [9.17, 15) is 4.79 Å². The zero-order valence-corrected chi connectivity index (χ0v) is 30.4. The highest BCUT2D eigenvalue weighted by atomic mass is 79.9. The number of hydrogen-bond donors (Lipinski definition) is 2. The van der Waals surface area contributed by atoms with E-state index in [1.54, 1.807) is 16.8 Å². The van der Waals surface area contributed by atoms with E-state index < -0.39 is 6.04 Å². The standard InChI is InChI=1S/C35H29BrCl3N5O3S/c1-3-46-29-16-23(15-26(36)32(29)47-18-21-13-14-24(37)17-28(21)39)31-30(33(45)41-25-10-5-4-6-11-25)20(2)40-34-42-35(43-44(31)34)48-19-22-9-7-8-12-27(22)38/h4-17,31H,3,18-19H2,1-2H3,(H,41,45)(H,40,42,43). The van der Waals surface area contributed by atoms with Gasteiger partial charge in [0.05, 0.1) is 16.7 Å². The van der Waals surface area contributed by atoms with E-state index in [4.69, 9.17) is 54.4 Å². The lowest BCUT2D eigenvalue weighted by molar-refractivity contribution is -0.113. The Labute approximate surface area is 305 Å². The van der Waals surface area contributed by atoms with E-state index in [1.165, 1.54) is 11.8 Å². The first-order chi connectivity index (χ1) is 23.2. The summed E-state index contributed by atoms with van der Waals surface area (Å²) in [6.07, 6.45) is 0. The average Bonchev–Trinajstić information content (AvgIpc) is 3.47. The second-order valence-electron chi connectivity index (χ2n) is 10.7. The second kappa shape index (κ2) is 15.3. The van der Waals surface area contributed by atoms with Gasteiger partial charge in [0.15, 0.2) is 11.5 Å². The number of thioether (sulfide) groups is 1. The molecule has 1 amide bonds. The van der Waals surface area contributed by atoms with Gasteiger partial charge in [-0.2, -0.15) is 4.98 Å². The molecule has 0 spiro atoms. The van der Waals surface area contributed by atoms with Gasteiger partial charge in [-0.15, -0.1) is 5.10 Å².